The Morgan fingerprint density at radius 3 is 2.62 bits per heavy atom. The lowest BCUT2D eigenvalue weighted by Gasteiger charge is -2.16. The van der Waals surface area contributed by atoms with Crippen molar-refractivity contribution in [3.63, 3.8) is 0 Å². The van der Waals surface area contributed by atoms with Gasteiger partial charge in [0.25, 0.3) is 0 Å². The Balaban J connectivity index is 1.77. The van der Waals surface area contributed by atoms with Gasteiger partial charge in [0, 0.05) is 29.8 Å². The smallest absolute Gasteiger partial charge is 0.157 e. The van der Waals surface area contributed by atoms with Crippen molar-refractivity contribution in [2.75, 3.05) is 5.32 Å². The van der Waals surface area contributed by atoms with E-state index in [1.165, 1.54) is 11.1 Å². The number of hydrogen-bond donors (Lipinski definition) is 2. The second kappa shape index (κ2) is 5.91. The molecule has 0 aliphatic heterocycles. The third kappa shape index (κ3) is 2.87. The minimum Gasteiger partial charge on any atom is -0.367 e. The van der Waals surface area contributed by atoms with Gasteiger partial charge in [-0.3, -0.25) is 0 Å². The summed E-state index contributed by atoms with van der Waals surface area (Å²) in [6.07, 6.45) is 4.98. The fraction of sp³-hybridized carbons (Fsp3) is 0.368. The number of rotatable bonds is 3. The molecule has 0 spiro atoms. The van der Waals surface area contributed by atoms with Crippen LogP contribution >= 0.6 is 0 Å². The van der Waals surface area contributed by atoms with Crippen LogP contribution in [0.5, 0.6) is 0 Å². The van der Waals surface area contributed by atoms with Crippen LogP contribution in [0.25, 0.3) is 16.9 Å². The van der Waals surface area contributed by atoms with Gasteiger partial charge in [-0.05, 0) is 45.2 Å². The summed E-state index contributed by atoms with van der Waals surface area (Å²) in [6.45, 7) is 4.24. The zero-order valence-corrected chi connectivity index (χ0v) is 14.2. The molecule has 1 saturated carbocycles. The van der Waals surface area contributed by atoms with Crippen molar-refractivity contribution in [1.29, 1.82) is 0 Å². The predicted molar refractivity (Wildman–Crippen MR) is 97.1 cm³/mol. The molecule has 2 atom stereocenters. The summed E-state index contributed by atoms with van der Waals surface area (Å²) in [7, 11) is 0. The molecule has 2 aromatic heterocycles. The first-order valence-electron chi connectivity index (χ1n) is 8.54. The number of nitrogens with two attached hydrogens (primary N) is 1. The van der Waals surface area contributed by atoms with Crippen LogP contribution in [0.1, 0.15) is 30.4 Å². The van der Waals surface area contributed by atoms with Crippen molar-refractivity contribution in [3.05, 3.63) is 47.7 Å². The summed E-state index contributed by atoms with van der Waals surface area (Å²) >= 11 is 0. The van der Waals surface area contributed by atoms with Crippen LogP contribution < -0.4 is 11.1 Å². The number of benzene rings is 1. The SMILES string of the molecule is Cc1cc(C)cc(-c2cc(N[C@H]3CC[C@H](N)C3)n3nccc3n2)c1. The van der Waals surface area contributed by atoms with Crippen LogP contribution in [0.15, 0.2) is 36.5 Å². The molecule has 0 radical (unpaired) electrons. The molecule has 1 aromatic carbocycles. The molecule has 5 nitrogen and oxygen atoms in total. The molecule has 1 aliphatic carbocycles. The van der Waals surface area contributed by atoms with Gasteiger partial charge in [-0.15, -0.1) is 0 Å². The van der Waals surface area contributed by atoms with E-state index in [-0.39, 0.29) is 0 Å². The fourth-order valence-corrected chi connectivity index (χ4v) is 3.64. The third-order valence-electron chi connectivity index (χ3n) is 4.70. The van der Waals surface area contributed by atoms with Gasteiger partial charge in [0.15, 0.2) is 5.65 Å². The zero-order chi connectivity index (χ0) is 16.7. The normalized spacial score (nSPS) is 20.6. The standard InChI is InChI=1S/C19H23N5/c1-12-7-13(2)9-14(8-12)17-11-19(22-16-4-3-15(20)10-16)24-18(23-17)5-6-21-24/h5-9,11,15-16,22H,3-4,10,20H2,1-2H3/t15-,16-/m0/s1. The van der Waals surface area contributed by atoms with Crippen LogP contribution in [0, 0.1) is 13.8 Å². The van der Waals surface area contributed by atoms with E-state index in [1.807, 2.05) is 10.6 Å². The monoisotopic (exact) mass is 321 g/mol. The highest BCUT2D eigenvalue weighted by Gasteiger charge is 2.22. The highest BCUT2D eigenvalue weighted by atomic mass is 15.3. The van der Waals surface area contributed by atoms with Crippen molar-refractivity contribution >= 4 is 11.5 Å². The summed E-state index contributed by atoms with van der Waals surface area (Å²) in [6, 6.07) is 11.3. The Morgan fingerprint density at radius 2 is 1.92 bits per heavy atom. The predicted octanol–water partition coefficient (Wildman–Crippen LogP) is 3.30. The van der Waals surface area contributed by atoms with Gasteiger partial charge >= 0.3 is 0 Å². The summed E-state index contributed by atoms with van der Waals surface area (Å²) < 4.78 is 1.87. The molecule has 0 bridgehead atoms. The first-order chi connectivity index (χ1) is 11.6. The van der Waals surface area contributed by atoms with Crippen LogP contribution in [0.3, 0.4) is 0 Å². The Hall–Kier alpha value is -2.40. The number of nitrogens with one attached hydrogen (secondary N) is 1. The van der Waals surface area contributed by atoms with Crippen molar-refractivity contribution in [2.45, 2.75) is 45.2 Å². The highest BCUT2D eigenvalue weighted by molar-refractivity contribution is 5.67. The fourth-order valence-electron chi connectivity index (χ4n) is 3.64. The number of anilines is 1. The molecule has 0 saturated heterocycles. The second-order valence-corrected chi connectivity index (χ2v) is 6.92. The number of nitrogens with zero attached hydrogens (tertiary/aromatic N) is 3. The summed E-state index contributed by atoms with van der Waals surface area (Å²) in [5.74, 6) is 0.984. The van der Waals surface area contributed by atoms with Gasteiger partial charge < -0.3 is 11.1 Å². The maximum atomic E-state index is 6.05. The summed E-state index contributed by atoms with van der Waals surface area (Å²) in [5, 5.41) is 8.03. The van der Waals surface area contributed by atoms with E-state index in [9.17, 15) is 0 Å². The van der Waals surface area contributed by atoms with E-state index in [1.54, 1.807) is 6.20 Å². The number of aryl methyl sites for hydroxylation is 2. The second-order valence-electron chi connectivity index (χ2n) is 6.92. The molecular weight excluding hydrogens is 298 g/mol. The highest BCUT2D eigenvalue weighted by Crippen LogP contribution is 2.27. The Bertz CT molecular complexity index is 862. The Morgan fingerprint density at radius 1 is 1.12 bits per heavy atom. The summed E-state index contributed by atoms with van der Waals surface area (Å²) in [5.41, 5.74) is 11.5. The number of aromatic nitrogens is 3. The molecule has 3 aromatic rings. The molecule has 0 unspecified atom stereocenters. The first kappa shape index (κ1) is 15.1. The number of fused-ring (bicyclic) bond motifs is 1. The van der Waals surface area contributed by atoms with Gasteiger partial charge in [0.2, 0.25) is 0 Å². The molecule has 24 heavy (non-hydrogen) atoms. The molecule has 4 rings (SSSR count). The van der Waals surface area contributed by atoms with Gasteiger partial charge in [-0.2, -0.15) is 9.61 Å². The molecule has 3 N–H and O–H groups in total. The topological polar surface area (TPSA) is 68.2 Å². The van der Waals surface area contributed by atoms with Gasteiger partial charge in [-0.25, -0.2) is 4.98 Å². The van der Waals surface area contributed by atoms with E-state index < -0.39 is 0 Å². The van der Waals surface area contributed by atoms with Crippen molar-refractivity contribution in [1.82, 2.24) is 14.6 Å². The lowest BCUT2D eigenvalue weighted by atomic mass is 10.0. The van der Waals surface area contributed by atoms with E-state index >= 15 is 0 Å². The first-order valence-corrected chi connectivity index (χ1v) is 8.54. The van der Waals surface area contributed by atoms with Crippen LogP contribution in [0.2, 0.25) is 0 Å². The molecule has 5 heteroatoms. The van der Waals surface area contributed by atoms with E-state index in [2.05, 4.69) is 48.5 Å². The molecule has 1 aliphatic rings. The molecule has 124 valence electrons. The van der Waals surface area contributed by atoms with E-state index in [4.69, 9.17) is 10.7 Å². The van der Waals surface area contributed by atoms with Gasteiger partial charge in [0.1, 0.15) is 5.82 Å². The lowest BCUT2D eigenvalue weighted by molar-refractivity contribution is 0.684. The average molecular weight is 321 g/mol. The van der Waals surface area contributed by atoms with Crippen molar-refractivity contribution in [2.24, 2.45) is 5.73 Å². The molecule has 2 heterocycles. The van der Waals surface area contributed by atoms with E-state index in [0.29, 0.717) is 12.1 Å². The minimum absolute atomic E-state index is 0.302. The Labute approximate surface area is 141 Å². The third-order valence-corrected chi connectivity index (χ3v) is 4.70. The van der Waals surface area contributed by atoms with Gasteiger partial charge in [0.05, 0.1) is 11.9 Å². The van der Waals surface area contributed by atoms with Crippen LogP contribution in [-0.4, -0.2) is 26.7 Å². The largest absolute Gasteiger partial charge is 0.367 e. The van der Waals surface area contributed by atoms with E-state index in [0.717, 1.165) is 42.0 Å². The van der Waals surface area contributed by atoms with Crippen LogP contribution in [-0.2, 0) is 0 Å². The maximum absolute atomic E-state index is 6.05. The van der Waals surface area contributed by atoms with Crippen molar-refractivity contribution in [3.8, 4) is 11.3 Å². The molecular formula is C19H23N5. The summed E-state index contributed by atoms with van der Waals surface area (Å²) in [4.78, 5) is 4.77. The molecule has 1 fully saturated rings. The lowest BCUT2D eigenvalue weighted by Crippen LogP contribution is -2.22. The van der Waals surface area contributed by atoms with Gasteiger partial charge in [-0.1, -0.05) is 17.2 Å². The molecule has 0 amide bonds. The minimum atomic E-state index is 0.302. The average Bonchev–Trinajstić information content (AvgIpc) is 3.15. The zero-order valence-electron chi connectivity index (χ0n) is 14.2. The van der Waals surface area contributed by atoms with Crippen LogP contribution in [0.4, 0.5) is 5.82 Å². The van der Waals surface area contributed by atoms with Crippen molar-refractivity contribution < 1.29 is 0 Å². The maximum Gasteiger partial charge on any atom is 0.157 e. The number of hydrogen-bond acceptors (Lipinski definition) is 4. The quantitative estimate of drug-likeness (QED) is 0.776. The Kier molecular flexibility index (Phi) is 3.73.